The van der Waals surface area contributed by atoms with Gasteiger partial charge in [0.2, 0.25) is 0 Å². The first kappa shape index (κ1) is 13.5. The maximum Gasteiger partial charge on any atom is 0.255 e. The van der Waals surface area contributed by atoms with Crippen LogP contribution in [0.1, 0.15) is 29.6 Å². The fraction of sp³-hybridized carbons (Fsp3) is 0.600. The van der Waals surface area contributed by atoms with Gasteiger partial charge in [-0.05, 0) is 31.4 Å². The van der Waals surface area contributed by atoms with Crippen molar-refractivity contribution in [3.05, 3.63) is 30.1 Å². The van der Waals surface area contributed by atoms with Crippen molar-refractivity contribution >= 4 is 5.91 Å². The third-order valence-corrected chi connectivity index (χ3v) is 4.42. The van der Waals surface area contributed by atoms with E-state index in [-0.39, 0.29) is 12.0 Å². The molecule has 3 rings (SSSR count). The van der Waals surface area contributed by atoms with Crippen LogP contribution in [-0.4, -0.2) is 64.1 Å². The Kier molecular flexibility index (Phi) is 3.98. The topological polar surface area (TPSA) is 56.7 Å². The lowest BCUT2D eigenvalue weighted by Gasteiger charge is -2.39. The molecular formula is C15H21N3O2. The van der Waals surface area contributed by atoms with Crippen molar-refractivity contribution in [1.29, 1.82) is 0 Å². The number of aromatic nitrogens is 1. The van der Waals surface area contributed by atoms with Crippen LogP contribution >= 0.6 is 0 Å². The molecule has 2 aliphatic rings. The first-order valence-corrected chi connectivity index (χ1v) is 7.37. The monoisotopic (exact) mass is 275 g/mol. The molecule has 0 aromatic carbocycles. The molecule has 2 heterocycles. The van der Waals surface area contributed by atoms with Gasteiger partial charge in [0.25, 0.3) is 5.91 Å². The normalized spacial score (nSPS) is 27.8. The van der Waals surface area contributed by atoms with Gasteiger partial charge in [0, 0.05) is 44.6 Å². The van der Waals surface area contributed by atoms with E-state index in [1.807, 2.05) is 11.0 Å². The summed E-state index contributed by atoms with van der Waals surface area (Å²) in [4.78, 5) is 20.5. The van der Waals surface area contributed by atoms with Crippen LogP contribution in [0.4, 0.5) is 0 Å². The SMILES string of the molecule is O=C(c1cccnc1)N1CCN([C@H]2CCC[C@H]2O)CC1. The van der Waals surface area contributed by atoms with E-state index in [1.54, 1.807) is 18.5 Å². The van der Waals surface area contributed by atoms with Crippen LogP contribution in [0.5, 0.6) is 0 Å². The van der Waals surface area contributed by atoms with Gasteiger partial charge in [0.15, 0.2) is 0 Å². The molecular weight excluding hydrogens is 254 g/mol. The Balaban J connectivity index is 1.57. The Morgan fingerprint density at radius 3 is 2.65 bits per heavy atom. The standard InChI is InChI=1S/C15H21N3O2/c19-14-5-1-4-13(14)17-7-9-18(10-8-17)15(20)12-3-2-6-16-11-12/h2-3,6,11,13-14,19H,1,4-5,7-10H2/t13-,14+/m0/s1. The fourth-order valence-corrected chi connectivity index (χ4v) is 3.28. The molecule has 1 saturated carbocycles. The summed E-state index contributed by atoms with van der Waals surface area (Å²) in [6, 6.07) is 3.89. The smallest absolute Gasteiger partial charge is 0.255 e. The number of piperazine rings is 1. The molecule has 1 aromatic rings. The van der Waals surface area contributed by atoms with E-state index in [1.165, 1.54) is 0 Å². The minimum absolute atomic E-state index is 0.0599. The largest absolute Gasteiger partial charge is 0.391 e. The molecule has 2 fully saturated rings. The van der Waals surface area contributed by atoms with E-state index in [9.17, 15) is 9.90 Å². The number of carbonyl (C=O) groups excluding carboxylic acids is 1. The number of nitrogens with zero attached hydrogens (tertiary/aromatic N) is 3. The zero-order valence-electron chi connectivity index (χ0n) is 11.6. The van der Waals surface area contributed by atoms with Crippen LogP contribution in [0, 0.1) is 0 Å². The van der Waals surface area contributed by atoms with Gasteiger partial charge in [-0.1, -0.05) is 0 Å². The highest BCUT2D eigenvalue weighted by molar-refractivity contribution is 5.93. The molecule has 20 heavy (non-hydrogen) atoms. The molecule has 5 nitrogen and oxygen atoms in total. The number of hydrogen-bond donors (Lipinski definition) is 1. The maximum absolute atomic E-state index is 12.3. The quantitative estimate of drug-likeness (QED) is 0.865. The van der Waals surface area contributed by atoms with Gasteiger partial charge >= 0.3 is 0 Å². The second-order valence-corrected chi connectivity index (χ2v) is 5.64. The van der Waals surface area contributed by atoms with Crippen LogP contribution in [0.25, 0.3) is 0 Å². The van der Waals surface area contributed by atoms with E-state index < -0.39 is 0 Å². The lowest BCUT2D eigenvalue weighted by atomic mass is 10.1. The molecule has 5 heteroatoms. The van der Waals surface area contributed by atoms with Gasteiger partial charge < -0.3 is 10.0 Å². The average Bonchev–Trinajstić information content (AvgIpc) is 2.94. The summed E-state index contributed by atoms with van der Waals surface area (Å²) in [5, 5.41) is 9.96. The molecule has 1 amide bonds. The lowest BCUT2D eigenvalue weighted by Crippen LogP contribution is -2.53. The van der Waals surface area contributed by atoms with E-state index in [4.69, 9.17) is 0 Å². The van der Waals surface area contributed by atoms with E-state index in [0.29, 0.717) is 11.6 Å². The molecule has 1 N–H and O–H groups in total. The Morgan fingerprint density at radius 2 is 2.05 bits per heavy atom. The molecule has 1 aliphatic heterocycles. The number of rotatable bonds is 2. The van der Waals surface area contributed by atoms with Crippen molar-refractivity contribution in [2.45, 2.75) is 31.4 Å². The van der Waals surface area contributed by atoms with Crippen molar-refractivity contribution < 1.29 is 9.90 Å². The van der Waals surface area contributed by atoms with Crippen molar-refractivity contribution in [3.63, 3.8) is 0 Å². The van der Waals surface area contributed by atoms with Crippen LogP contribution in [0.3, 0.4) is 0 Å². The third kappa shape index (κ3) is 2.69. The summed E-state index contributed by atoms with van der Waals surface area (Å²) in [5.41, 5.74) is 0.654. The van der Waals surface area contributed by atoms with Gasteiger partial charge in [0.05, 0.1) is 11.7 Å². The van der Waals surface area contributed by atoms with Crippen LogP contribution in [0.15, 0.2) is 24.5 Å². The van der Waals surface area contributed by atoms with Gasteiger partial charge in [-0.25, -0.2) is 0 Å². The van der Waals surface area contributed by atoms with Gasteiger partial charge in [-0.3, -0.25) is 14.7 Å². The summed E-state index contributed by atoms with van der Waals surface area (Å²) in [7, 11) is 0. The Morgan fingerprint density at radius 1 is 1.25 bits per heavy atom. The molecule has 2 atom stereocenters. The fourth-order valence-electron chi connectivity index (χ4n) is 3.28. The second-order valence-electron chi connectivity index (χ2n) is 5.64. The zero-order chi connectivity index (χ0) is 13.9. The Bertz CT molecular complexity index is 457. The van der Waals surface area contributed by atoms with Crippen LogP contribution < -0.4 is 0 Å². The number of aliphatic hydroxyl groups is 1. The Labute approximate surface area is 119 Å². The average molecular weight is 275 g/mol. The first-order chi connectivity index (χ1) is 9.75. The van der Waals surface area contributed by atoms with Crippen molar-refractivity contribution in [1.82, 2.24) is 14.8 Å². The molecule has 0 bridgehead atoms. The van der Waals surface area contributed by atoms with Crippen molar-refractivity contribution in [3.8, 4) is 0 Å². The Hall–Kier alpha value is -1.46. The minimum Gasteiger partial charge on any atom is -0.391 e. The highest BCUT2D eigenvalue weighted by atomic mass is 16.3. The van der Waals surface area contributed by atoms with Gasteiger partial charge in [0.1, 0.15) is 0 Å². The van der Waals surface area contributed by atoms with Gasteiger partial charge in [-0.2, -0.15) is 0 Å². The summed E-state index contributed by atoms with van der Waals surface area (Å²) in [6.07, 6.45) is 6.22. The van der Waals surface area contributed by atoms with Crippen molar-refractivity contribution in [2.75, 3.05) is 26.2 Å². The summed E-state index contributed by atoms with van der Waals surface area (Å²) < 4.78 is 0. The highest BCUT2D eigenvalue weighted by Gasteiger charge is 2.33. The van der Waals surface area contributed by atoms with Crippen molar-refractivity contribution in [2.24, 2.45) is 0 Å². The lowest BCUT2D eigenvalue weighted by molar-refractivity contribution is 0.0315. The minimum atomic E-state index is -0.185. The number of amides is 1. The number of pyridine rings is 1. The van der Waals surface area contributed by atoms with E-state index in [0.717, 1.165) is 45.4 Å². The maximum atomic E-state index is 12.3. The predicted octanol–water partition coefficient (Wildman–Crippen LogP) is 0.753. The highest BCUT2D eigenvalue weighted by Crippen LogP contribution is 2.25. The molecule has 1 saturated heterocycles. The molecule has 1 aliphatic carbocycles. The summed E-state index contributed by atoms with van der Waals surface area (Å²) in [6.45, 7) is 3.18. The predicted molar refractivity (Wildman–Crippen MR) is 75.4 cm³/mol. The van der Waals surface area contributed by atoms with Crippen LogP contribution in [0.2, 0.25) is 0 Å². The molecule has 1 aromatic heterocycles. The number of carbonyl (C=O) groups is 1. The number of aliphatic hydroxyl groups excluding tert-OH is 1. The van der Waals surface area contributed by atoms with Crippen LogP contribution in [-0.2, 0) is 0 Å². The third-order valence-electron chi connectivity index (χ3n) is 4.42. The molecule has 108 valence electrons. The number of hydrogen-bond acceptors (Lipinski definition) is 4. The molecule has 0 unspecified atom stereocenters. The van der Waals surface area contributed by atoms with Gasteiger partial charge in [-0.15, -0.1) is 0 Å². The first-order valence-electron chi connectivity index (χ1n) is 7.37. The summed E-state index contributed by atoms with van der Waals surface area (Å²) >= 11 is 0. The zero-order valence-corrected chi connectivity index (χ0v) is 11.6. The second kappa shape index (κ2) is 5.89. The van der Waals surface area contributed by atoms with E-state index in [2.05, 4.69) is 9.88 Å². The summed E-state index contributed by atoms with van der Waals surface area (Å²) in [5.74, 6) is 0.0599. The molecule has 0 spiro atoms. The van der Waals surface area contributed by atoms with E-state index >= 15 is 0 Å². The molecule has 0 radical (unpaired) electrons.